The lowest BCUT2D eigenvalue weighted by atomic mass is 10.3. The predicted molar refractivity (Wildman–Crippen MR) is 90.1 cm³/mol. The molecule has 0 bridgehead atoms. The monoisotopic (exact) mass is 323 g/mol. The molecule has 1 aliphatic carbocycles. The van der Waals surface area contributed by atoms with Crippen molar-refractivity contribution in [2.75, 3.05) is 33.0 Å². The second-order valence-corrected chi connectivity index (χ2v) is 6.37. The number of ether oxygens (including phenoxy) is 3. The van der Waals surface area contributed by atoms with E-state index in [1.54, 1.807) is 0 Å². The highest BCUT2D eigenvalue weighted by molar-refractivity contribution is 5.31. The Bertz CT molecular complexity index is 431. The molecule has 0 radical (unpaired) electrons. The molecule has 130 valence electrons. The average molecular weight is 323 g/mol. The SMILES string of the molecule is CC(C)NC[C@@H](O)COc1ccc(OCCOCC2CC2)cc1. The van der Waals surface area contributed by atoms with E-state index in [1.165, 1.54) is 12.8 Å². The molecule has 0 heterocycles. The molecule has 1 saturated carbocycles. The number of nitrogens with one attached hydrogen (secondary N) is 1. The Hall–Kier alpha value is -1.30. The lowest BCUT2D eigenvalue weighted by Gasteiger charge is -2.15. The van der Waals surface area contributed by atoms with E-state index in [2.05, 4.69) is 5.32 Å². The van der Waals surface area contributed by atoms with E-state index in [1.807, 2.05) is 38.1 Å². The van der Waals surface area contributed by atoms with E-state index >= 15 is 0 Å². The van der Waals surface area contributed by atoms with E-state index in [4.69, 9.17) is 14.2 Å². The van der Waals surface area contributed by atoms with Gasteiger partial charge in [-0.25, -0.2) is 0 Å². The van der Waals surface area contributed by atoms with Crippen LogP contribution in [-0.2, 0) is 4.74 Å². The average Bonchev–Trinajstić information content (AvgIpc) is 3.36. The van der Waals surface area contributed by atoms with Crippen LogP contribution >= 0.6 is 0 Å². The van der Waals surface area contributed by atoms with Crippen LogP contribution in [0.3, 0.4) is 0 Å². The highest BCUT2D eigenvalue weighted by Gasteiger charge is 2.20. The molecule has 2 rings (SSSR count). The summed E-state index contributed by atoms with van der Waals surface area (Å²) >= 11 is 0. The molecule has 1 aliphatic rings. The molecule has 5 heteroatoms. The zero-order valence-electron chi connectivity index (χ0n) is 14.2. The molecule has 1 aromatic rings. The molecule has 0 aliphatic heterocycles. The molecule has 0 unspecified atom stereocenters. The Morgan fingerprint density at radius 1 is 1.09 bits per heavy atom. The Morgan fingerprint density at radius 3 is 2.35 bits per heavy atom. The standard InChI is InChI=1S/C18H29NO4/c1-14(2)19-11-16(20)13-23-18-7-5-17(6-8-18)22-10-9-21-12-15-3-4-15/h5-8,14-16,19-20H,3-4,9-13H2,1-2H3/t16-/m1/s1. The molecule has 1 aromatic carbocycles. The first-order valence-corrected chi connectivity index (χ1v) is 8.48. The summed E-state index contributed by atoms with van der Waals surface area (Å²) in [5.41, 5.74) is 0. The summed E-state index contributed by atoms with van der Waals surface area (Å²) in [5.74, 6) is 2.32. The van der Waals surface area contributed by atoms with Gasteiger partial charge < -0.3 is 24.6 Å². The second-order valence-electron chi connectivity index (χ2n) is 6.37. The summed E-state index contributed by atoms with van der Waals surface area (Å²) in [7, 11) is 0. The summed E-state index contributed by atoms with van der Waals surface area (Å²) in [6.45, 7) is 6.95. The molecule has 1 fully saturated rings. The van der Waals surface area contributed by atoms with E-state index in [-0.39, 0.29) is 6.61 Å². The zero-order chi connectivity index (χ0) is 16.5. The normalized spacial score (nSPS) is 15.7. The Kier molecular flexibility index (Phi) is 7.65. The Morgan fingerprint density at radius 2 is 1.74 bits per heavy atom. The van der Waals surface area contributed by atoms with Crippen molar-refractivity contribution in [2.24, 2.45) is 5.92 Å². The first kappa shape index (κ1) is 18.0. The lowest BCUT2D eigenvalue weighted by molar-refractivity contribution is 0.0925. The first-order chi connectivity index (χ1) is 11.1. The van der Waals surface area contributed by atoms with Crippen LogP contribution in [-0.4, -0.2) is 50.2 Å². The quantitative estimate of drug-likeness (QED) is 0.578. The fourth-order valence-corrected chi connectivity index (χ4v) is 2.01. The molecule has 0 amide bonds. The van der Waals surface area contributed by atoms with Crippen molar-refractivity contribution in [3.63, 3.8) is 0 Å². The van der Waals surface area contributed by atoms with Crippen molar-refractivity contribution in [3.8, 4) is 11.5 Å². The van der Waals surface area contributed by atoms with Gasteiger partial charge in [-0.1, -0.05) is 13.8 Å². The van der Waals surface area contributed by atoms with Gasteiger partial charge in [-0.15, -0.1) is 0 Å². The molecular formula is C18H29NO4. The van der Waals surface area contributed by atoms with E-state index in [0.29, 0.717) is 25.8 Å². The van der Waals surface area contributed by atoms with Gasteiger partial charge in [0.15, 0.2) is 0 Å². The van der Waals surface area contributed by atoms with Gasteiger partial charge in [-0.3, -0.25) is 0 Å². The summed E-state index contributed by atoms with van der Waals surface area (Å²) in [5, 5.41) is 13.0. The Balaban J connectivity index is 1.57. The maximum Gasteiger partial charge on any atom is 0.119 e. The predicted octanol–water partition coefficient (Wildman–Crippen LogP) is 2.23. The van der Waals surface area contributed by atoms with Gasteiger partial charge in [0.2, 0.25) is 0 Å². The van der Waals surface area contributed by atoms with Gasteiger partial charge >= 0.3 is 0 Å². The topological polar surface area (TPSA) is 60.0 Å². The van der Waals surface area contributed by atoms with Gasteiger partial charge in [-0.2, -0.15) is 0 Å². The van der Waals surface area contributed by atoms with Crippen LogP contribution in [0.1, 0.15) is 26.7 Å². The lowest BCUT2D eigenvalue weighted by Crippen LogP contribution is -2.35. The van der Waals surface area contributed by atoms with Crippen LogP contribution in [0.2, 0.25) is 0 Å². The maximum absolute atomic E-state index is 9.80. The van der Waals surface area contributed by atoms with E-state index in [9.17, 15) is 5.11 Å². The van der Waals surface area contributed by atoms with E-state index < -0.39 is 6.10 Å². The summed E-state index contributed by atoms with van der Waals surface area (Å²) in [6.07, 6.45) is 2.10. The fraction of sp³-hybridized carbons (Fsp3) is 0.667. The number of benzene rings is 1. The van der Waals surface area contributed by atoms with Crippen LogP contribution < -0.4 is 14.8 Å². The third-order valence-electron chi connectivity index (χ3n) is 3.57. The van der Waals surface area contributed by atoms with Crippen molar-refractivity contribution < 1.29 is 19.3 Å². The summed E-state index contributed by atoms with van der Waals surface area (Å²) in [6, 6.07) is 7.80. The minimum atomic E-state index is -0.517. The number of aliphatic hydroxyl groups is 1. The van der Waals surface area contributed by atoms with Gasteiger partial charge in [0.1, 0.15) is 30.8 Å². The highest BCUT2D eigenvalue weighted by Crippen LogP contribution is 2.28. The van der Waals surface area contributed by atoms with Crippen LogP contribution in [0.15, 0.2) is 24.3 Å². The smallest absolute Gasteiger partial charge is 0.119 e. The third kappa shape index (κ3) is 8.21. The van der Waals surface area contributed by atoms with Crippen molar-refractivity contribution >= 4 is 0 Å². The largest absolute Gasteiger partial charge is 0.491 e. The molecule has 23 heavy (non-hydrogen) atoms. The third-order valence-corrected chi connectivity index (χ3v) is 3.57. The van der Waals surface area contributed by atoms with Gasteiger partial charge in [0, 0.05) is 19.2 Å². The van der Waals surface area contributed by atoms with Gasteiger partial charge in [-0.05, 0) is 43.0 Å². The van der Waals surface area contributed by atoms with Crippen molar-refractivity contribution in [3.05, 3.63) is 24.3 Å². The number of hydrogen-bond donors (Lipinski definition) is 2. The molecule has 0 spiro atoms. The second kappa shape index (κ2) is 9.75. The molecule has 1 atom stereocenters. The molecule has 0 saturated heterocycles. The van der Waals surface area contributed by atoms with Crippen molar-refractivity contribution in [1.82, 2.24) is 5.32 Å². The number of rotatable bonds is 12. The first-order valence-electron chi connectivity index (χ1n) is 8.48. The minimum absolute atomic E-state index is 0.273. The Labute approximate surface area is 138 Å². The van der Waals surface area contributed by atoms with Crippen LogP contribution in [0.5, 0.6) is 11.5 Å². The number of aliphatic hydroxyl groups excluding tert-OH is 1. The molecule has 0 aromatic heterocycles. The van der Waals surface area contributed by atoms with Crippen LogP contribution in [0.25, 0.3) is 0 Å². The summed E-state index contributed by atoms with van der Waals surface area (Å²) < 4.78 is 16.7. The number of hydrogen-bond acceptors (Lipinski definition) is 5. The molecule has 2 N–H and O–H groups in total. The molecular weight excluding hydrogens is 294 g/mol. The van der Waals surface area contributed by atoms with Crippen molar-refractivity contribution in [2.45, 2.75) is 38.8 Å². The van der Waals surface area contributed by atoms with E-state index in [0.717, 1.165) is 24.0 Å². The zero-order valence-corrected chi connectivity index (χ0v) is 14.2. The summed E-state index contributed by atoms with van der Waals surface area (Å²) in [4.78, 5) is 0. The minimum Gasteiger partial charge on any atom is -0.491 e. The highest BCUT2D eigenvalue weighted by atomic mass is 16.5. The fourth-order valence-electron chi connectivity index (χ4n) is 2.01. The molecule has 5 nitrogen and oxygen atoms in total. The van der Waals surface area contributed by atoms with Gasteiger partial charge in [0.05, 0.1) is 6.61 Å². The van der Waals surface area contributed by atoms with Crippen LogP contribution in [0.4, 0.5) is 0 Å². The van der Waals surface area contributed by atoms with Crippen LogP contribution in [0, 0.1) is 5.92 Å². The van der Waals surface area contributed by atoms with Gasteiger partial charge in [0.25, 0.3) is 0 Å². The maximum atomic E-state index is 9.80. The van der Waals surface area contributed by atoms with Crippen molar-refractivity contribution in [1.29, 1.82) is 0 Å².